The van der Waals surface area contributed by atoms with Crippen LogP contribution in [-0.4, -0.2) is 38.2 Å². The fourth-order valence-corrected chi connectivity index (χ4v) is 7.62. The SMILES string of the molecule is C[C@@H]1CC[C@@H]([C@H](CCCCc2ccccc2)C(=O)O)/C(=C/[Si](C)(C)C)[C@H]1CCC1(C)OCC(C)(C)CO1. The third-order valence-corrected chi connectivity index (χ3v) is 9.60. The number of carbonyl (C=O) groups is 1. The number of carboxylic acids is 1. The average Bonchev–Trinajstić information content (AvgIpc) is 2.81. The monoisotopic (exact) mass is 528 g/mol. The quantitative estimate of drug-likeness (QED) is 0.233. The maximum atomic E-state index is 12.6. The van der Waals surface area contributed by atoms with E-state index in [-0.39, 0.29) is 17.3 Å². The van der Waals surface area contributed by atoms with Crippen molar-refractivity contribution in [3.8, 4) is 0 Å². The molecule has 1 saturated carbocycles. The number of aryl methyl sites for hydroxylation is 1. The van der Waals surface area contributed by atoms with E-state index in [1.54, 1.807) is 0 Å². The predicted octanol–water partition coefficient (Wildman–Crippen LogP) is 8.14. The highest BCUT2D eigenvalue weighted by Crippen LogP contribution is 2.47. The zero-order valence-corrected chi connectivity index (χ0v) is 25.5. The van der Waals surface area contributed by atoms with Gasteiger partial charge >= 0.3 is 5.97 Å². The summed E-state index contributed by atoms with van der Waals surface area (Å²) < 4.78 is 12.5. The molecular weight excluding hydrogens is 476 g/mol. The van der Waals surface area contributed by atoms with Gasteiger partial charge in [0.05, 0.1) is 27.2 Å². The van der Waals surface area contributed by atoms with Gasteiger partial charge in [0.25, 0.3) is 0 Å². The van der Waals surface area contributed by atoms with Crippen LogP contribution in [0.3, 0.4) is 0 Å². The minimum absolute atomic E-state index is 0.0564. The molecule has 1 aliphatic carbocycles. The van der Waals surface area contributed by atoms with Gasteiger partial charge in [0.1, 0.15) is 0 Å². The van der Waals surface area contributed by atoms with Gasteiger partial charge < -0.3 is 14.6 Å². The van der Waals surface area contributed by atoms with Gasteiger partial charge in [-0.1, -0.05) is 88.4 Å². The van der Waals surface area contributed by atoms with Crippen molar-refractivity contribution in [2.75, 3.05) is 13.2 Å². The van der Waals surface area contributed by atoms with Crippen LogP contribution >= 0.6 is 0 Å². The number of unbranched alkanes of at least 4 members (excludes halogenated alkanes) is 1. The smallest absolute Gasteiger partial charge is 0.307 e. The molecule has 1 aliphatic heterocycles. The van der Waals surface area contributed by atoms with E-state index in [4.69, 9.17) is 9.47 Å². The Kier molecular flexibility index (Phi) is 10.3. The molecule has 1 aromatic rings. The Balaban J connectivity index is 1.73. The Morgan fingerprint density at radius 3 is 2.32 bits per heavy atom. The number of allylic oxidation sites excluding steroid dienone is 1. The first-order valence-electron chi connectivity index (χ1n) is 14.6. The van der Waals surface area contributed by atoms with E-state index in [9.17, 15) is 9.90 Å². The third-order valence-electron chi connectivity index (χ3n) is 8.40. The van der Waals surface area contributed by atoms with Crippen LogP contribution in [0.2, 0.25) is 19.6 Å². The fraction of sp³-hybridized carbons (Fsp3) is 0.719. The van der Waals surface area contributed by atoms with Gasteiger partial charge in [-0.25, -0.2) is 0 Å². The number of carboxylic acid groups (broad SMARTS) is 1. The molecule has 0 spiro atoms. The summed E-state index contributed by atoms with van der Waals surface area (Å²) in [6, 6.07) is 10.5. The fourth-order valence-electron chi connectivity index (χ4n) is 6.19. The molecule has 4 atom stereocenters. The van der Waals surface area contributed by atoms with Crippen molar-refractivity contribution in [2.45, 2.75) is 104 Å². The summed E-state index contributed by atoms with van der Waals surface area (Å²) in [7, 11) is -1.54. The van der Waals surface area contributed by atoms with E-state index in [1.165, 1.54) is 11.1 Å². The molecule has 1 N–H and O–H groups in total. The molecule has 1 aromatic carbocycles. The topological polar surface area (TPSA) is 55.8 Å². The van der Waals surface area contributed by atoms with Crippen LogP contribution in [0.15, 0.2) is 41.6 Å². The molecular formula is C32H52O4Si. The average molecular weight is 529 g/mol. The zero-order chi connectivity index (χ0) is 27.3. The molecule has 2 fully saturated rings. The van der Waals surface area contributed by atoms with Crippen molar-refractivity contribution in [1.82, 2.24) is 0 Å². The van der Waals surface area contributed by atoms with E-state index >= 15 is 0 Å². The number of ether oxygens (including phenoxy) is 2. The van der Waals surface area contributed by atoms with Gasteiger partial charge in [-0.2, -0.15) is 0 Å². The van der Waals surface area contributed by atoms with Crippen LogP contribution in [0.4, 0.5) is 0 Å². The molecule has 0 aromatic heterocycles. The van der Waals surface area contributed by atoms with Crippen LogP contribution in [0, 0.1) is 29.1 Å². The number of hydrogen-bond donors (Lipinski definition) is 1. The van der Waals surface area contributed by atoms with Crippen molar-refractivity contribution in [2.24, 2.45) is 29.1 Å². The van der Waals surface area contributed by atoms with Crippen LogP contribution in [0.25, 0.3) is 0 Å². The maximum absolute atomic E-state index is 12.6. The molecule has 5 heteroatoms. The minimum atomic E-state index is -1.54. The highest BCUT2D eigenvalue weighted by molar-refractivity contribution is 6.81. The minimum Gasteiger partial charge on any atom is -0.481 e. The lowest BCUT2D eigenvalue weighted by atomic mass is 9.65. The summed E-state index contributed by atoms with van der Waals surface area (Å²) >= 11 is 0. The van der Waals surface area contributed by atoms with Gasteiger partial charge in [0.15, 0.2) is 5.79 Å². The molecule has 37 heavy (non-hydrogen) atoms. The third kappa shape index (κ3) is 9.07. The van der Waals surface area contributed by atoms with Crippen molar-refractivity contribution in [1.29, 1.82) is 0 Å². The number of benzene rings is 1. The first-order valence-corrected chi connectivity index (χ1v) is 18.1. The Labute approximate surface area is 227 Å². The van der Waals surface area contributed by atoms with Crippen molar-refractivity contribution < 1.29 is 19.4 Å². The largest absolute Gasteiger partial charge is 0.481 e. The summed E-state index contributed by atoms with van der Waals surface area (Å²) in [5.74, 6) is -0.372. The maximum Gasteiger partial charge on any atom is 0.307 e. The van der Waals surface area contributed by atoms with E-state index in [2.05, 4.69) is 77.3 Å². The van der Waals surface area contributed by atoms with Gasteiger partial charge in [-0.3, -0.25) is 4.79 Å². The van der Waals surface area contributed by atoms with Gasteiger partial charge in [-0.15, -0.1) is 0 Å². The van der Waals surface area contributed by atoms with E-state index in [0.717, 1.165) is 51.4 Å². The zero-order valence-electron chi connectivity index (χ0n) is 24.5. The lowest BCUT2D eigenvalue weighted by molar-refractivity contribution is -0.293. The first-order chi connectivity index (χ1) is 17.3. The molecule has 1 heterocycles. The summed E-state index contributed by atoms with van der Waals surface area (Å²) in [5.41, 5.74) is 5.38. The first kappa shape index (κ1) is 30.1. The van der Waals surface area contributed by atoms with E-state index in [1.807, 2.05) is 6.07 Å². The molecule has 0 radical (unpaired) electrons. The lowest BCUT2D eigenvalue weighted by Crippen LogP contribution is -2.46. The molecule has 0 amide bonds. The highest BCUT2D eigenvalue weighted by Gasteiger charge is 2.42. The second-order valence-corrected chi connectivity index (χ2v) is 18.9. The summed E-state index contributed by atoms with van der Waals surface area (Å²) in [6.45, 7) is 17.4. The molecule has 3 rings (SSSR count). The van der Waals surface area contributed by atoms with E-state index in [0.29, 0.717) is 25.0 Å². The van der Waals surface area contributed by atoms with Crippen LogP contribution in [-0.2, 0) is 20.7 Å². The van der Waals surface area contributed by atoms with Gasteiger partial charge in [-0.05, 0) is 68.8 Å². The van der Waals surface area contributed by atoms with E-state index < -0.39 is 19.8 Å². The Hall–Kier alpha value is -1.43. The Morgan fingerprint density at radius 1 is 1.08 bits per heavy atom. The molecule has 1 saturated heterocycles. The lowest BCUT2D eigenvalue weighted by Gasteiger charge is -2.44. The van der Waals surface area contributed by atoms with Crippen LogP contribution < -0.4 is 0 Å². The second-order valence-electron chi connectivity index (χ2n) is 13.9. The number of hydrogen-bond acceptors (Lipinski definition) is 3. The Bertz CT molecular complexity index is 891. The molecule has 2 aliphatic rings. The molecule has 4 nitrogen and oxygen atoms in total. The summed E-state index contributed by atoms with van der Waals surface area (Å²) in [5, 5.41) is 10.4. The predicted molar refractivity (Wildman–Crippen MR) is 155 cm³/mol. The molecule has 0 unspecified atom stereocenters. The second kappa shape index (κ2) is 12.6. The van der Waals surface area contributed by atoms with Crippen molar-refractivity contribution in [3.05, 3.63) is 47.2 Å². The molecule has 0 bridgehead atoms. The standard InChI is InChI=1S/C32H52O4Si/c1-24-17-18-27(28(30(33)34)16-12-11-15-25-13-9-8-10-14-25)29(21-37(5,6)7)26(24)19-20-32(4)35-22-31(2,3)23-36-32/h8-10,13-14,21,24,26-28H,11-12,15-20,22-23H2,1-7H3,(H,33,34)/b29-21+/t24-,26+,27+,28+/m1/s1. The molecule has 208 valence electrons. The van der Waals surface area contributed by atoms with Crippen LogP contribution in [0.1, 0.15) is 78.2 Å². The number of aliphatic carboxylic acids is 1. The Morgan fingerprint density at radius 2 is 1.73 bits per heavy atom. The summed E-state index contributed by atoms with van der Waals surface area (Å²) in [6.07, 6.45) is 7.70. The van der Waals surface area contributed by atoms with Crippen molar-refractivity contribution in [3.63, 3.8) is 0 Å². The van der Waals surface area contributed by atoms with Gasteiger partial charge in [0, 0.05) is 11.8 Å². The normalized spacial score (nSPS) is 27.6. The highest BCUT2D eigenvalue weighted by atomic mass is 28.3. The van der Waals surface area contributed by atoms with Crippen LogP contribution in [0.5, 0.6) is 0 Å². The van der Waals surface area contributed by atoms with Gasteiger partial charge in [0.2, 0.25) is 0 Å². The number of rotatable bonds is 11. The van der Waals surface area contributed by atoms with Crippen molar-refractivity contribution >= 4 is 14.0 Å². The summed E-state index contributed by atoms with van der Waals surface area (Å²) in [4.78, 5) is 12.6.